The predicted molar refractivity (Wildman–Crippen MR) is 67.5 cm³/mol. The molecule has 2 rings (SSSR count). The number of carboxylic acids is 1. The second kappa shape index (κ2) is 5.14. The molecule has 2 aromatic rings. The minimum atomic E-state index is -1.08. The molecule has 0 spiro atoms. The highest BCUT2D eigenvalue weighted by atomic mass is 32.1. The van der Waals surface area contributed by atoms with Crippen molar-refractivity contribution in [3.8, 4) is 0 Å². The van der Waals surface area contributed by atoms with Crippen LogP contribution in [-0.2, 0) is 6.54 Å². The number of hydrogen-bond acceptors (Lipinski definition) is 4. The van der Waals surface area contributed by atoms with Gasteiger partial charge in [0.05, 0.1) is 22.8 Å². The Morgan fingerprint density at radius 3 is 2.94 bits per heavy atom. The van der Waals surface area contributed by atoms with E-state index >= 15 is 0 Å². The lowest BCUT2D eigenvalue weighted by Gasteiger charge is -2.06. The number of carbonyl (C=O) groups is 1. The standard InChI is InChI=1S/C12H11FN2O2S/c1-7-14-5-9(18-7)6-15-11-4-8(12(16)17)2-3-10(11)13/h2-5,15H,6H2,1H3,(H,16,17). The summed E-state index contributed by atoms with van der Waals surface area (Å²) in [5.74, 6) is -1.55. The topological polar surface area (TPSA) is 62.2 Å². The molecule has 1 heterocycles. The number of nitrogens with one attached hydrogen (secondary N) is 1. The van der Waals surface area contributed by atoms with E-state index in [0.29, 0.717) is 6.54 Å². The summed E-state index contributed by atoms with van der Waals surface area (Å²) in [6.07, 6.45) is 1.71. The molecule has 0 bridgehead atoms. The monoisotopic (exact) mass is 266 g/mol. The van der Waals surface area contributed by atoms with Crippen molar-refractivity contribution in [2.24, 2.45) is 0 Å². The van der Waals surface area contributed by atoms with Crippen molar-refractivity contribution in [1.82, 2.24) is 4.98 Å². The zero-order valence-electron chi connectivity index (χ0n) is 9.61. The number of thiazole rings is 1. The van der Waals surface area contributed by atoms with Gasteiger partial charge in [0, 0.05) is 11.1 Å². The van der Waals surface area contributed by atoms with Crippen LogP contribution in [0.2, 0.25) is 0 Å². The molecule has 0 aliphatic rings. The Hall–Kier alpha value is -1.95. The lowest BCUT2D eigenvalue weighted by Crippen LogP contribution is -2.03. The molecule has 0 saturated carbocycles. The molecule has 0 unspecified atom stereocenters. The van der Waals surface area contributed by atoms with E-state index in [1.165, 1.54) is 23.5 Å². The summed E-state index contributed by atoms with van der Waals surface area (Å²) < 4.78 is 13.5. The van der Waals surface area contributed by atoms with E-state index in [4.69, 9.17) is 5.11 Å². The second-order valence-electron chi connectivity index (χ2n) is 3.70. The summed E-state index contributed by atoms with van der Waals surface area (Å²) in [5, 5.41) is 12.6. The van der Waals surface area contributed by atoms with E-state index < -0.39 is 11.8 Å². The zero-order valence-corrected chi connectivity index (χ0v) is 10.4. The third-order valence-electron chi connectivity index (χ3n) is 2.34. The van der Waals surface area contributed by atoms with Gasteiger partial charge in [0.1, 0.15) is 5.82 Å². The molecule has 4 nitrogen and oxygen atoms in total. The average Bonchev–Trinajstić information content (AvgIpc) is 2.74. The number of aryl methyl sites for hydroxylation is 1. The average molecular weight is 266 g/mol. The van der Waals surface area contributed by atoms with Crippen molar-refractivity contribution in [3.63, 3.8) is 0 Å². The first-order chi connectivity index (χ1) is 8.56. The van der Waals surface area contributed by atoms with Gasteiger partial charge < -0.3 is 10.4 Å². The first-order valence-electron chi connectivity index (χ1n) is 5.24. The quantitative estimate of drug-likeness (QED) is 0.893. The minimum absolute atomic E-state index is 0.0550. The lowest BCUT2D eigenvalue weighted by atomic mass is 10.2. The van der Waals surface area contributed by atoms with Crippen molar-refractivity contribution in [3.05, 3.63) is 45.7 Å². The van der Waals surface area contributed by atoms with E-state index in [-0.39, 0.29) is 11.3 Å². The minimum Gasteiger partial charge on any atom is -0.478 e. The van der Waals surface area contributed by atoms with E-state index in [9.17, 15) is 9.18 Å². The fourth-order valence-corrected chi connectivity index (χ4v) is 2.20. The van der Waals surface area contributed by atoms with Crippen LogP contribution in [0.4, 0.5) is 10.1 Å². The van der Waals surface area contributed by atoms with E-state index in [2.05, 4.69) is 10.3 Å². The van der Waals surface area contributed by atoms with Crippen LogP contribution in [-0.4, -0.2) is 16.1 Å². The molecule has 0 atom stereocenters. The number of nitrogens with zero attached hydrogens (tertiary/aromatic N) is 1. The molecule has 18 heavy (non-hydrogen) atoms. The largest absolute Gasteiger partial charge is 0.478 e. The Morgan fingerprint density at radius 2 is 2.33 bits per heavy atom. The van der Waals surface area contributed by atoms with Gasteiger partial charge in [-0.25, -0.2) is 14.2 Å². The van der Waals surface area contributed by atoms with Gasteiger partial charge >= 0.3 is 5.97 Å². The molecule has 2 N–H and O–H groups in total. The Kier molecular flexibility index (Phi) is 3.57. The first-order valence-corrected chi connectivity index (χ1v) is 6.06. The normalized spacial score (nSPS) is 10.3. The van der Waals surface area contributed by atoms with Gasteiger partial charge in [-0.15, -0.1) is 11.3 Å². The molecule has 1 aromatic carbocycles. The summed E-state index contributed by atoms with van der Waals surface area (Å²) in [4.78, 5) is 15.8. The summed E-state index contributed by atoms with van der Waals surface area (Å²) in [6.45, 7) is 2.31. The van der Waals surface area contributed by atoms with E-state index in [1.807, 2.05) is 6.92 Å². The Bertz CT molecular complexity index is 583. The number of aromatic carboxylic acids is 1. The number of anilines is 1. The van der Waals surface area contributed by atoms with Gasteiger partial charge in [0.2, 0.25) is 0 Å². The molecule has 94 valence electrons. The summed E-state index contributed by atoms with van der Waals surface area (Å²) in [7, 11) is 0. The van der Waals surface area contributed by atoms with Crippen molar-refractivity contribution < 1.29 is 14.3 Å². The van der Waals surface area contributed by atoms with E-state index in [0.717, 1.165) is 16.0 Å². The number of halogens is 1. The van der Waals surface area contributed by atoms with Crippen molar-refractivity contribution >= 4 is 23.0 Å². The van der Waals surface area contributed by atoms with Gasteiger partial charge in [-0.1, -0.05) is 0 Å². The highest BCUT2D eigenvalue weighted by Gasteiger charge is 2.08. The zero-order chi connectivity index (χ0) is 13.1. The molecule has 0 fully saturated rings. The van der Waals surface area contributed by atoms with Crippen molar-refractivity contribution in [2.75, 3.05) is 5.32 Å². The third-order valence-corrected chi connectivity index (χ3v) is 3.25. The molecule has 1 aromatic heterocycles. The number of rotatable bonds is 4. The third kappa shape index (κ3) is 2.84. The van der Waals surface area contributed by atoms with Crippen molar-refractivity contribution in [1.29, 1.82) is 0 Å². The highest BCUT2D eigenvalue weighted by molar-refractivity contribution is 7.11. The van der Waals surface area contributed by atoms with Crippen LogP contribution < -0.4 is 5.32 Å². The molecule has 0 amide bonds. The Labute approximate surface area is 107 Å². The molecule has 6 heteroatoms. The lowest BCUT2D eigenvalue weighted by molar-refractivity contribution is 0.0697. The van der Waals surface area contributed by atoms with Crippen LogP contribution in [0.1, 0.15) is 20.2 Å². The van der Waals surface area contributed by atoms with Gasteiger partial charge in [0.25, 0.3) is 0 Å². The van der Waals surface area contributed by atoms with Gasteiger partial charge in [-0.2, -0.15) is 0 Å². The maximum atomic E-state index is 13.5. The van der Waals surface area contributed by atoms with Crippen LogP contribution in [0.3, 0.4) is 0 Å². The van der Waals surface area contributed by atoms with Crippen LogP contribution in [0.5, 0.6) is 0 Å². The SMILES string of the molecule is Cc1ncc(CNc2cc(C(=O)O)ccc2F)s1. The number of carboxylic acid groups (broad SMARTS) is 1. The number of hydrogen-bond donors (Lipinski definition) is 2. The fraction of sp³-hybridized carbons (Fsp3) is 0.167. The number of benzene rings is 1. The highest BCUT2D eigenvalue weighted by Crippen LogP contribution is 2.19. The Morgan fingerprint density at radius 1 is 1.56 bits per heavy atom. The molecular weight excluding hydrogens is 255 g/mol. The van der Waals surface area contributed by atoms with Crippen LogP contribution in [0.25, 0.3) is 0 Å². The maximum Gasteiger partial charge on any atom is 0.335 e. The van der Waals surface area contributed by atoms with Crippen LogP contribution in [0.15, 0.2) is 24.4 Å². The summed E-state index contributed by atoms with van der Waals surface area (Å²) in [6, 6.07) is 3.66. The Balaban J connectivity index is 2.13. The molecule has 0 aliphatic carbocycles. The molecule has 0 radical (unpaired) electrons. The predicted octanol–water partition coefficient (Wildman–Crippen LogP) is 2.90. The van der Waals surface area contributed by atoms with Crippen LogP contribution in [0, 0.1) is 12.7 Å². The maximum absolute atomic E-state index is 13.5. The molecule has 0 saturated heterocycles. The van der Waals surface area contributed by atoms with Gasteiger partial charge in [-0.3, -0.25) is 0 Å². The molecule has 0 aliphatic heterocycles. The first kappa shape index (κ1) is 12.5. The summed E-state index contributed by atoms with van der Waals surface area (Å²) >= 11 is 1.51. The molecular formula is C12H11FN2O2S. The van der Waals surface area contributed by atoms with Crippen LogP contribution >= 0.6 is 11.3 Å². The smallest absolute Gasteiger partial charge is 0.335 e. The summed E-state index contributed by atoms with van der Waals surface area (Å²) in [5.41, 5.74) is 0.236. The number of aromatic nitrogens is 1. The van der Waals surface area contributed by atoms with Gasteiger partial charge in [-0.05, 0) is 25.1 Å². The van der Waals surface area contributed by atoms with E-state index in [1.54, 1.807) is 6.20 Å². The fourth-order valence-electron chi connectivity index (χ4n) is 1.46. The second-order valence-corrected chi connectivity index (χ2v) is 5.02. The van der Waals surface area contributed by atoms with Gasteiger partial charge in [0.15, 0.2) is 0 Å². The van der Waals surface area contributed by atoms with Crippen molar-refractivity contribution in [2.45, 2.75) is 13.5 Å².